The second-order valence-electron chi connectivity index (χ2n) is 10.6. The molecular formula is C31H38N4O. The number of carbonyl (C=O) groups is 1. The lowest BCUT2D eigenvalue weighted by atomic mass is 9.71. The Morgan fingerprint density at radius 2 is 1.69 bits per heavy atom. The summed E-state index contributed by atoms with van der Waals surface area (Å²) in [6.45, 7) is 8.52. The third kappa shape index (κ3) is 4.77. The topological polar surface area (TPSA) is 39.7 Å². The van der Waals surface area contributed by atoms with E-state index in [1.54, 1.807) is 17.3 Å². The van der Waals surface area contributed by atoms with Crippen molar-refractivity contribution < 1.29 is 4.79 Å². The molecule has 0 bridgehead atoms. The number of hydrogen-bond acceptors (Lipinski definition) is 4. The molecule has 1 saturated heterocycles. The van der Waals surface area contributed by atoms with Gasteiger partial charge in [0.25, 0.3) is 5.91 Å². The van der Waals surface area contributed by atoms with Crippen LogP contribution in [0.3, 0.4) is 0 Å². The number of anilines is 2. The lowest BCUT2D eigenvalue weighted by molar-refractivity contribution is 0.0299. The number of hydrogen-bond donors (Lipinski definition) is 0. The van der Waals surface area contributed by atoms with E-state index in [-0.39, 0.29) is 11.4 Å². The van der Waals surface area contributed by atoms with Crippen molar-refractivity contribution in [3.05, 3.63) is 89.7 Å². The molecule has 3 aromatic rings. The van der Waals surface area contributed by atoms with Crippen LogP contribution in [0.4, 0.5) is 11.4 Å². The van der Waals surface area contributed by atoms with Gasteiger partial charge in [-0.3, -0.25) is 14.7 Å². The van der Waals surface area contributed by atoms with Gasteiger partial charge in [0, 0.05) is 68.1 Å². The molecule has 2 aliphatic rings. The highest BCUT2D eigenvalue weighted by Gasteiger charge is 2.42. The Labute approximate surface area is 215 Å². The summed E-state index contributed by atoms with van der Waals surface area (Å²) in [7, 11) is 1.88. The number of aromatic nitrogens is 1. The van der Waals surface area contributed by atoms with Crippen molar-refractivity contribution in [3.63, 3.8) is 0 Å². The lowest BCUT2D eigenvalue weighted by Gasteiger charge is -2.51. The number of benzene rings is 2. The molecule has 2 fully saturated rings. The molecule has 0 spiro atoms. The Morgan fingerprint density at radius 3 is 2.39 bits per heavy atom. The number of para-hydroxylation sites is 1. The quantitative estimate of drug-likeness (QED) is 0.454. The number of amides is 1. The molecule has 2 aromatic carbocycles. The maximum absolute atomic E-state index is 13.3. The molecule has 0 N–H and O–H groups in total. The van der Waals surface area contributed by atoms with Crippen molar-refractivity contribution in [2.75, 3.05) is 43.0 Å². The molecule has 1 amide bonds. The van der Waals surface area contributed by atoms with E-state index in [0.717, 1.165) is 43.3 Å². The molecule has 0 radical (unpaired) electrons. The largest absolute Gasteiger partial charge is 0.369 e. The summed E-state index contributed by atoms with van der Waals surface area (Å²) >= 11 is 0. The molecular weight excluding hydrogens is 444 g/mol. The third-order valence-electron chi connectivity index (χ3n) is 8.43. The first-order chi connectivity index (χ1) is 17.5. The van der Waals surface area contributed by atoms with Crippen LogP contribution in [0.5, 0.6) is 0 Å². The van der Waals surface area contributed by atoms with Gasteiger partial charge in [-0.1, -0.05) is 37.3 Å². The Morgan fingerprint density at radius 1 is 0.972 bits per heavy atom. The summed E-state index contributed by atoms with van der Waals surface area (Å²) in [4.78, 5) is 24.5. The van der Waals surface area contributed by atoms with E-state index >= 15 is 0 Å². The molecule has 1 aliphatic heterocycles. The standard InChI is InChI=1S/C31H38N4O/c1-24-12-15-31(16-13-24,35-20-18-34(19-21-35)27-9-5-4-6-10-27)26-8-7-11-28(22-26)33(3)30(36)29-14-17-32-23-25(29)2/h4-11,14,17,22-24H,12-13,15-16,18-21H2,1-3H3. The van der Waals surface area contributed by atoms with Crippen molar-refractivity contribution in [2.45, 2.75) is 45.1 Å². The molecule has 5 nitrogen and oxygen atoms in total. The minimum Gasteiger partial charge on any atom is -0.369 e. The minimum absolute atomic E-state index is 0.00911. The summed E-state index contributed by atoms with van der Waals surface area (Å²) in [5, 5.41) is 0. The first-order valence-electron chi connectivity index (χ1n) is 13.3. The Balaban J connectivity index is 1.41. The SMILES string of the molecule is Cc1cnccc1C(=O)N(C)c1cccc(C2(N3CCN(c4ccccc4)CC3)CCC(C)CC2)c1. The highest BCUT2D eigenvalue weighted by Crippen LogP contribution is 2.45. The summed E-state index contributed by atoms with van der Waals surface area (Å²) < 4.78 is 0. The molecule has 1 aliphatic carbocycles. The van der Waals surface area contributed by atoms with Crippen LogP contribution in [-0.2, 0) is 5.54 Å². The fraction of sp³-hybridized carbons (Fsp3) is 0.419. The van der Waals surface area contributed by atoms with Gasteiger partial charge in [-0.2, -0.15) is 0 Å². The first kappa shape index (κ1) is 24.5. The predicted molar refractivity (Wildman–Crippen MR) is 148 cm³/mol. The Hall–Kier alpha value is -3.18. The maximum atomic E-state index is 13.3. The molecule has 188 valence electrons. The van der Waals surface area contributed by atoms with Gasteiger partial charge in [-0.25, -0.2) is 0 Å². The number of aryl methyl sites for hydroxylation is 1. The molecule has 36 heavy (non-hydrogen) atoms. The zero-order valence-corrected chi connectivity index (χ0v) is 21.9. The van der Waals surface area contributed by atoms with Crippen LogP contribution in [0.25, 0.3) is 0 Å². The van der Waals surface area contributed by atoms with Gasteiger partial charge in [0.05, 0.1) is 0 Å². The van der Waals surface area contributed by atoms with Gasteiger partial charge in [-0.05, 0) is 80.0 Å². The molecule has 1 saturated carbocycles. The van der Waals surface area contributed by atoms with Crippen LogP contribution in [0.15, 0.2) is 73.1 Å². The third-order valence-corrected chi connectivity index (χ3v) is 8.43. The number of carbonyl (C=O) groups excluding carboxylic acids is 1. The number of nitrogens with zero attached hydrogens (tertiary/aromatic N) is 4. The van der Waals surface area contributed by atoms with Crippen molar-refractivity contribution >= 4 is 17.3 Å². The second kappa shape index (κ2) is 10.4. The van der Waals surface area contributed by atoms with E-state index in [9.17, 15) is 4.79 Å². The average molecular weight is 483 g/mol. The van der Waals surface area contributed by atoms with Crippen molar-refractivity contribution in [1.29, 1.82) is 0 Å². The van der Waals surface area contributed by atoms with Crippen LogP contribution in [0, 0.1) is 12.8 Å². The van der Waals surface area contributed by atoms with Gasteiger partial charge < -0.3 is 9.80 Å². The number of rotatable bonds is 5. The zero-order chi connectivity index (χ0) is 25.1. The fourth-order valence-electron chi connectivity index (χ4n) is 6.07. The van der Waals surface area contributed by atoms with Crippen LogP contribution >= 0.6 is 0 Å². The molecule has 5 rings (SSSR count). The van der Waals surface area contributed by atoms with E-state index < -0.39 is 0 Å². The average Bonchev–Trinajstić information content (AvgIpc) is 2.94. The molecule has 0 unspecified atom stereocenters. The Kier molecular flexibility index (Phi) is 7.10. The molecule has 0 atom stereocenters. The van der Waals surface area contributed by atoms with Gasteiger partial charge >= 0.3 is 0 Å². The van der Waals surface area contributed by atoms with E-state index in [1.807, 2.05) is 20.0 Å². The number of piperazine rings is 1. The Bertz CT molecular complexity index is 1180. The van der Waals surface area contributed by atoms with Crippen molar-refractivity contribution in [3.8, 4) is 0 Å². The van der Waals surface area contributed by atoms with Crippen LogP contribution in [0.1, 0.15) is 54.1 Å². The van der Waals surface area contributed by atoms with Crippen molar-refractivity contribution in [2.24, 2.45) is 5.92 Å². The smallest absolute Gasteiger partial charge is 0.258 e. The maximum Gasteiger partial charge on any atom is 0.258 e. The first-order valence-corrected chi connectivity index (χ1v) is 13.3. The van der Waals surface area contributed by atoms with Gasteiger partial charge in [0.15, 0.2) is 0 Å². The minimum atomic E-state index is 0.00911. The number of pyridine rings is 1. The summed E-state index contributed by atoms with van der Waals surface area (Å²) in [5.41, 5.74) is 5.26. The van der Waals surface area contributed by atoms with E-state index in [1.165, 1.54) is 36.9 Å². The molecule has 2 heterocycles. The zero-order valence-electron chi connectivity index (χ0n) is 21.9. The molecule has 5 heteroatoms. The second-order valence-corrected chi connectivity index (χ2v) is 10.6. The normalized spacial score (nSPS) is 22.9. The van der Waals surface area contributed by atoms with Crippen molar-refractivity contribution in [1.82, 2.24) is 9.88 Å². The van der Waals surface area contributed by atoms with E-state index in [4.69, 9.17) is 0 Å². The highest BCUT2D eigenvalue weighted by atomic mass is 16.2. The van der Waals surface area contributed by atoms with Crippen LogP contribution in [-0.4, -0.2) is 49.0 Å². The van der Waals surface area contributed by atoms with Crippen LogP contribution < -0.4 is 9.80 Å². The monoisotopic (exact) mass is 482 g/mol. The summed E-state index contributed by atoms with van der Waals surface area (Å²) in [5.74, 6) is 0.778. The van der Waals surface area contributed by atoms with Crippen LogP contribution in [0.2, 0.25) is 0 Å². The highest BCUT2D eigenvalue weighted by molar-refractivity contribution is 6.06. The van der Waals surface area contributed by atoms with Gasteiger partial charge in [0.1, 0.15) is 0 Å². The summed E-state index contributed by atoms with van der Waals surface area (Å²) in [6.07, 6.45) is 8.28. The summed E-state index contributed by atoms with van der Waals surface area (Å²) in [6, 6.07) is 21.3. The van der Waals surface area contributed by atoms with E-state index in [0.29, 0.717) is 5.56 Å². The van der Waals surface area contributed by atoms with Gasteiger partial charge in [-0.15, -0.1) is 0 Å². The lowest BCUT2D eigenvalue weighted by Crippen LogP contribution is -2.56. The van der Waals surface area contributed by atoms with E-state index in [2.05, 4.69) is 76.3 Å². The molecule has 1 aromatic heterocycles. The van der Waals surface area contributed by atoms with Gasteiger partial charge in [0.2, 0.25) is 0 Å². The predicted octanol–water partition coefficient (Wildman–Crippen LogP) is 5.89. The fourth-order valence-corrected chi connectivity index (χ4v) is 6.07.